The first-order chi connectivity index (χ1) is 22.7. The number of nitrogens with zero attached hydrogens (tertiary/aromatic N) is 1. The first-order valence-electron chi connectivity index (χ1n) is 16.3. The van der Waals surface area contributed by atoms with Gasteiger partial charge in [-0.3, -0.25) is 19.4 Å². The van der Waals surface area contributed by atoms with E-state index in [-0.39, 0.29) is 12.5 Å². The number of pyridine rings is 1. The number of aliphatic hydroxyl groups is 2. The Morgan fingerprint density at radius 3 is 2.13 bits per heavy atom. The van der Waals surface area contributed by atoms with Gasteiger partial charge in [-0.15, -0.1) is 0 Å². The predicted molar refractivity (Wildman–Crippen MR) is 197 cm³/mol. The number of carbonyl (C=O) groups excluding carboxylic acids is 3. The Morgan fingerprint density at radius 1 is 0.936 bits per heavy atom. The highest BCUT2D eigenvalue weighted by Crippen LogP contribution is 2.38. The van der Waals surface area contributed by atoms with Crippen LogP contribution in [0.1, 0.15) is 82.5 Å². The standard InChI is InChI=1S/C36H54N4O5S2/c1-4-5-6-7-8-9-10-11-12-13-14-15-16-17-18-19-20-23-32(43)38-25-26-46-47-36(2,3)33(35(45)39-28-31(42)29-41)40-34(44)30-22-21-24-37-27-30/h5-6,8-9,11-12,14-15,17-18,21-22,24,27,31,33,41-42H,4,7,10,13,16,19-20,23,25-26,28-29H2,1-3H3,(H,38,43)(H,39,45)(H,40,44)/b6-5-,9-8-,12-11-,15-14-,18-17-. The van der Waals surface area contributed by atoms with E-state index in [9.17, 15) is 19.5 Å². The zero-order valence-electron chi connectivity index (χ0n) is 28.1. The van der Waals surface area contributed by atoms with Crippen molar-refractivity contribution >= 4 is 39.3 Å². The number of nitrogens with one attached hydrogen (secondary N) is 3. The van der Waals surface area contributed by atoms with E-state index in [2.05, 4.69) is 88.6 Å². The van der Waals surface area contributed by atoms with Gasteiger partial charge in [-0.1, -0.05) is 89.3 Å². The zero-order valence-corrected chi connectivity index (χ0v) is 29.7. The molecule has 0 saturated carbocycles. The molecular weight excluding hydrogens is 633 g/mol. The molecule has 2 unspecified atom stereocenters. The van der Waals surface area contributed by atoms with Gasteiger partial charge in [0.2, 0.25) is 11.8 Å². The van der Waals surface area contributed by atoms with Gasteiger partial charge in [0.1, 0.15) is 6.04 Å². The lowest BCUT2D eigenvalue weighted by Crippen LogP contribution is -2.57. The molecule has 1 rings (SSSR count). The van der Waals surface area contributed by atoms with Crippen molar-refractivity contribution in [3.8, 4) is 0 Å². The molecule has 260 valence electrons. The summed E-state index contributed by atoms with van der Waals surface area (Å²) in [4.78, 5) is 42.0. The summed E-state index contributed by atoms with van der Waals surface area (Å²) in [5.41, 5.74) is 0.318. The average molecular weight is 687 g/mol. The molecule has 5 N–H and O–H groups in total. The quantitative estimate of drug-likeness (QED) is 0.0491. The molecule has 1 aromatic heterocycles. The summed E-state index contributed by atoms with van der Waals surface area (Å²) >= 11 is 0. The summed E-state index contributed by atoms with van der Waals surface area (Å²) in [6.07, 6.45) is 30.5. The van der Waals surface area contributed by atoms with Crippen molar-refractivity contribution < 1.29 is 24.6 Å². The van der Waals surface area contributed by atoms with Crippen molar-refractivity contribution in [1.82, 2.24) is 20.9 Å². The van der Waals surface area contributed by atoms with Crippen LogP contribution in [0.3, 0.4) is 0 Å². The van der Waals surface area contributed by atoms with Gasteiger partial charge >= 0.3 is 0 Å². The van der Waals surface area contributed by atoms with Crippen LogP contribution in [0, 0.1) is 0 Å². The fourth-order valence-electron chi connectivity index (χ4n) is 3.96. The van der Waals surface area contributed by atoms with Gasteiger partial charge in [-0.05, 0) is 70.9 Å². The van der Waals surface area contributed by atoms with E-state index in [4.69, 9.17) is 5.11 Å². The molecule has 11 heteroatoms. The largest absolute Gasteiger partial charge is 0.394 e. The second-order valence-corrected chi connectivity index (χ2v) is 14.3. The highest BCUT2D eigenvalue weighted by atomic mass is 33.1. The number of aliphatic hydroxyl groups excluding tert-OH is 2. The van der Waals surface area contributed by atoms with Crippen molar-refractivity contribution in [3.05, 3.63) is 90.9 Å². The maximum absolute atomic E-state index is 13.0. The van der Waals surface area contributed by atoms with Crippen molar-refractivity contribution in [3.63, 3.8) is 0 Å². The van der Waals surface area contributed by atoms with Crippen LogP contribution in [0.4, 0.5) is 0 Å². The van der Waals surface area contributed by atoms with E-state index in [1.165, 1.54) is 27.8 Å². The van der Waals surface area contributed by atoms with E-state index in [1.54, 1.807) is 18.3 Å². The number of aromatic nitrogens is 1. The molecule has 0 radical (unpaired) electrons. The van der Waals surface area contributed by atoms with Crippen molar-refractivity contribution in [2.75, 3.05) is 25.4 Å². The minimum absolute atomic E-state index is 0.00522. The molecule has 0 saturated heterocycles. The number of carbonyl (C=O) groups is 3. The highest BCUT2D eigenvalue weighted by molar-refractivity contribution is 8.77. The summed E-state index contributed by atoms with van der Waals surface area (Å²) in [6, 6.07) is 2.30. The van der Waals surface area contributed by atoms with Crippen LogP contribution in [0.25, 0.3) is 0 Å². The van der Waals surface area contributed by atoms with Crippen LogP contribution in [0.2, 0.25) is 0 Å². The third kappa shape index (κ3) is 21.4. The first-order valence-corrected chi connectivity index (χ1v) is 18.6. The third-order valence-electron chi connectivity index (χ3n) is 6.59. The predicted octanol–water partition coefficient (Wildman–Crippen LogP) is 5.85. The molecule has 3 amide bonds. The van der Waals surface area contributed by atoms with Crippen LogP contribution >= 0.6 is 21.6 Å². The smallest absolute Gasteiger partial charge is 0.253 e. The average Bonchev–Trinajstić information content (AvgIpc) is 3.07. The molecule has 0 aliphatic heterocycles. The third-order valence-corrected chi connectivity index (χ3v) is 9.89. The van der Waals surface area contributed by atoms with E-state index >= 15 is 0 Å². The second kappa shape index (κ2) is 26.9. The number of amides is 3. The minimum atomic E-state index is -1.10. The number of hydrogen-bond donors (Lipinski definition) is 5. The molecule has 0 aromatic carbocycles. The summed E-state index contributed by atoms with van der Waals surface area (Å²) < 4.78 is -0.748. The molecule has 0 aliphatic carbocycles. The Morgan fingerprint density at radius 2 is 1.55 bits per heavy atom. The molecule has 2 atom stereocenters. The van der Waals surface area contributed by atoms with Gasteiger partial charge in [-0.25, -0.2) is 0 Å². The van der Waals surface area contributed by atoms with E-state index in [1.807, 2.05) is 13.8 Å². The Bertz CT molecular complexity index is 1170. The summed E-state index contributed by atoms with van der Waals surface area (Å²) in [7, 11) is 2.92. The Labute approximate surface area is 289 Å². The lowest BCUT2D eigenvalue weighted by atomic mass is 10.0. The topological polar surface area (TPSA) is 141 Å². The Kier molecular flexibility index (Phi) is 24.0. The number of hydrogen-bond acceptors (Lipinski definition) is 8. The van der Waals surface area contributed by atoms with Crippen molar-refractivity contribution in [2.45, 2.75) is 89.0 Å². The monoisotopic (exact) mass is 686 g/mol. The summed E-state index contributed by atoms with van der Waals surface area (Å²) in [5.74, 6) is -0.307. The fraction of sp³-hybridized carbons (Fsp3) is 0.500. The molecule has 0 spiro atoms. The van der Waals surface area contributed by atoms with Crippen LogP contribution in [0.5, 0.6) is 0 Å². The lowest BCUT2D eigenvalue weighted by molar-refractivity contribution is -0.124. The van der Waals surface area contributed by atoms with Crippen molar-refractivity contribution in [1.29, 1.82) is 0 Å². The molecular formula is C36H54N4O5S2. The second-order valence-electron chi connectivity index (χ2n) is 11.2. The number of rotatable bonds is 25. The van der Waals surface area contributed by atoms with Crippen molar-refractivity contribution in [2.24, 2.45) is 0 Å². The Balaban J connectivity index is 2.31. The van der Waals surface area contributed by atoms with Gasteiger partial charge in [0, 0.05) is 42.4 Å². The van der Waals surface area contributed by atoms with Crippen LogP contribution in [-0.4, -0.2) is 75.3 Å². The minimum Gasteiger partial charge on any atom is -0.394 e. The van der Waals surface area contributed by atoms with E-state index in [0.29, 0.717) is 24.3 Å². The summed E-state index contributed by atoms with van der Waals surface area (Å²) in [6.45, 7) is 5.67. The molecule has 1 heterocycles. The number of unbranched alkanes of at least 4 members (excludes halogenated alkanes) is 1. The normalized spacial score (nSPS) is 13.6. The van der Waals surface area contributed by atoms with Crippen LogP contribution in [-0.2, 0) is 9.59 Å². The van der Waals surface area contributed by atoms with E-state index < -0.39 is 35.3 Å². The van der Waals surface area contributed by atoms with E-state index in [0.717, 1.165) is 44.9 Å². The maximum atomic E-state index is 13.0. The SMILES string of the molecule is CC/C=C\C/C=C\C/C=C\C/C=C\C/C=C\CCCC(=O)NCCSSC(C)(C)C(NC(=O)c1cccnc1)C(=O)NCC(O)CO. The van der Waals surface area contributed by atoms with Crippen LogP contribution < -0.4 is 16.0 Å². The van der Waals surface area contributed by atoms with Gasteiger partial charge < -0.3 is 26.2 Å². The van der Waals surface area contributed by atoms with Crippen LogP contribution in [0.15, 0.2) is 85.3 Å². The van der Waals surface area contributed by atoms with Gasteiger partial charge in [0.05, 0.1) is 18.3 Å². The zero-order chi connectivity index (χ0) is 34.6. The summed E-state index contributed by atoms with van der Waals surface area (Å²) in [5, 5.41) is 27.1. The first kappa shape index (κ1) is 41.9. The molecule has 0 bridgehead atoms. The Hall–Kier alpha value is -3.12. The van der Waals surface area contributed by atoms with Gasteiger partial charge in [0.25, 0.3) is 5.91 Å². The molecule has 47 heavy (non-hydrogen) atoms. The van der Waals surface area contributed by atoms with Gasteiger partial charge in [-0.2, -0.15) is 0 Å². The fourth-order valence-corrected chi connectivity index (χ4v) is 6.50. The highest BCUT2D eigenvalue weighted by Gasteiger charge is 2.37. The number of allylic oxidation sites excluding steroid dienone is 10. The maximum Gasteiger partial charge on any atom is 0.253 e. The molecule has 0 aliphatic rings. The molecule has 1 aromatic rings. The molecule has 0 fully saturated rings. The van der Waals surface area contributed by atoms with Gasteiger partial charge in [0.15, 0.2) is 0 Å². The molecule has 9 nitrogen and oxygen atoms in total. The lowest BCUT2D eigenvalue weighted by Gasteiger charge is -2.33.